The molecule has 1 rings (SSSR count). The van der Waals surface area contributed by atoms with E-state index in [1.165, 1.54) is 10.9 Å². The molecule has 0 fully saturated rings. The van der Waals surface area contributed by atoms with Crippen molar-refractivity contribution in [3.05, 3.63) is 11.9 Å². The van der Waals surface area contributed by atoms with Crippen LogP contribution in [0.25, 0.3) is 0 Å². The summed E-state index contributed by atoms with van der Waals surface area (Å²) in [7, 11) is 3.82. The Labute approximate surface area is 105 Å². The molecule has 0 saturated heterocycles. The zero-order valence-electron chi connectivity index (χ0n) is 10.6. The largest absolute Gasteiger partial charge is 0.480 e. The van der Waals surface area contributed by atoms with Crippen LogP contribution in [0.1, 0.15) is 11.7 Å². The van der Waals surface area contributed by atoms with Crippen molar-refractivity contribution in [3.63, 3.8) is 0 Å². The minimum absolute atomic E-state index is 0.0609. The summed E-state index contributed by atoms with van der Waals surface area (Å²) in [5.41, 5.74) is 0.342. The van der Waals surface area contributed by atoms with Gasteiger partial charge in [0.15, 0.2) is 6.04 Å². The zero-order chi connectivity index (χ0) is 13.5. The number of aliphatic carboxylic acids is 1. The molecule has 3 N–H and O–H groups in total. The molecule has 1 heterocycles. The Balaban J connectivity index is 2.62. The fraction of sp³-hybridized carbons (Fsp3) is 0.700. The quantitative estimate of drug-likeness (QED) is 0.523. The van der Waals surface area contributed by atoms with Gasteiger partial charge in [-0.2, -0.15) is 0 Å². The average Bonchev–Trinajstić information content (AvgIpc) is 2.72. The molecule has 0 radical (unpaired) electrons. The Morgan fingerprint density at radius 1 is 1.61 bits per heavy atom. The summed E-state index contributed by atoms with van der Waals surface area (Å²) in [4.78, 5) is 13.1. The summed E-state index contributed by atoms with van der Waals surface area (Å²) >= 11 is 0. The number of nitrogens with zero attached hydrogens (tertiary/aromatic N) is 4. The number of aliphatic hydroxyl groups is 1. The summed E-state index contributed by atoms with van der Waals surface area (Å²) in [5.74, 6) is -0.996. The molecule has 8 heteroatoms. The predicted molar refractivity (Wildman–Crippen MR) is 64.0 cm³/mol. The number of carbonyl (C=O) groups is 1. The van der Waals surface area contributed by atoms with Crippen LogP contribution >= 0.6 is 0 Å². The van der Waals surface area contributed by atoms with Crippen LogP contribution in [0, 0.1) is 0 Å². The second kappa shape index (κ2) is 7.04. The Hall–Kier alpha value is -1.51. The van der Waals surface area contributed by atoms with Gasteiger partial charge >= 0.3 is 5.97 Å². The molecule has 0 bridgehead atoms. The lowest BCUT2D eigenvalue weighted by Crippen LogP contribution is -2.34. The molecule has 0 aromatic carbocycles. The molecular formula is C10H19N5O3. The van der Waals surface area contributed by atoms with Gasteiger partial charge in [-0.05, 0) is 14.1 Å². The van der Waals surface area contributed by atoms with Gasteiger partial charge < -0.3 is 15.1 Å². The summed E-state index contributed by atoms with van der Waals surface area (Å²) in [6, 6.07) is -0.877. The van der Waals surface area contributed by atoms with E-state index in [9.17, 15) is 4.79 Å². The fourth-order valence-electron chi connectivity index (χ4n) is 1.41. The van der Waals surface area contributed by atoms with Crippen LogP contribution in [0.2, 0.25) is 0 Å². The van der Waals surface area contributed by atoms with E-state index >= 15 is 0 Å². The molecule has 1 atom stereocenters. The van der Waals surface area contributed by atoms with E-state index in [0.717, 1.165) is 6.54 Å². The normalized spacial score (nSPS) is 12.9. The smallest absolute Gasteiger partial charge is 0.327 e. The Morgan fingerprint density at radius 2 is 2.33 bits per heavy atom. The summed E-state index contributed by atoms with van der Waals surface area (Å²) in [5, 5.41) is 28.3. The fourth-order valence-corrected chi connectivity index (χ4v) is 1.41. The first-order valence-electron chi connectivity index (χ1n) is 5.66. The number of hydrogen-bond acceptors (Lipinski definition) is 6. The number of rotatable bonds is 8. The van der Waals surface area contributed by atoms with Crippen molar-refractivity contribution in [2.75, 3.05) is 33.8 Å². The Morgan fingerprint density at radius 3 is 2.89 bits per heavy atom. The van der Waals surface area contributed by atoms with Gasteiger partial charge in [0.1, 0.15) is 5.69 Å². The van der Waals surface area contributed by atoms with Crippen LogP contribution in [-0.4, -0.2) is 69.9 Å². The number of carboxylic acid groups (broad SMARTS) is 1. The third-order valence-electron chi connectivity index (χ3n) is 2.34. The molecule has 1 aromatic heterocycles. The maximum Gasteiger partial charge on any atom is 0.327 e. The lowest BCUT2D eigenvalue weighted by molar-refractivity contribution is -0.139. The van der Waals surface area contributed by atoms with E-state index in [-0.39, 0.29) is 6.61 Å². The molecule has 0 aliphatic carbocycles. The molecular weight excluding hydrogens is 238 g/mol. The first-order valence-corrected chi connectivity index (χ1v) is 5.66. The molecule has 1 unspecified atom stereocenters. The van der Waals surface area contributed by atoms with E-state index in [4.69, 9.17) is 10.2 Å². The van der Waals surface area contributed by atoms with Crippen molar-refractivity contribution < 1.29 is 15.0 Å². The van der Waals surface area contributed by atoms with Gasteiger partial charge in [-0.25, -0.2) is 4.68 Å². The molecule has 102 valence electrons. The molecule has 0 saturated carbocycles. The molecule has 18 heavy (non-hydrogen) atoms. The van der Waals surface area contributed by atoms with Crippen molar-refractivity contribution in [2.45, 2.75) is 12.6 Å². The SMILES string of the molecule is CN(C)CCNC(C(=O)O)c1cn(CCO)nn1. The highest BCUT2D eigenvalue weighted by Gasteiger charge is 2.22. The van der Waals surface area contributed by atoms with Crippen LogP contribution in [0.5, 0.6) is 0 Å². The van der Waals surface area contributed by atoms with Crippen molar-refractivity contribution in [2.24, 2.45) is 0 Å². The standard InChI is InChI=1S/C10H19N5O3/c1-14(2)4-3-11-9(10(17)18)8-7-15(5-6-16)13-12-8/h7,9,11,16H,3-6H2,1-2H3,(H,17,18). The molecule has 0 spiro atoms. The lowest BCUT2D eigenvalue weighted by Gasteiger charge is -2.14. The first kappa shape index (κ1) is 14.6. The first-order chi connectivity index (χ1) is 8.54. The van der Waals surface area contributed by atoms with Crippen molar-refractivity contribution >= 4 is 5.97 Å². The van der Waals surface area contributed by atoms with Crippen molar-refractivity contribution in [3.8, 4) is 0 Å². The van der Waals surface area contributed by atoms with Crippen molar-refractivity contribution in [1.29, 1.82) is 0 Å². The second-order valence-electron chi connectivity index (χ2n) is 4.16. The number of carboxylic acids is 1. The number of likely N-dealkylation sites (N-methyl/N-ethyl adjacent to an activating group) is 1. The van der Waals surface area contributed by atoms with Crippen molar-refractivity contribution in [1.82, 2.24) is 25.2 Å². The monoisotopic (exact) mass is 257 g/mol. The number of aliphatic hydroxyl groups excluding tert-OH is 1. The maximum atomic E-state index is 11.1. The molecule has 1 aromatic rings. The van der Waals surface area contributed by atoms with Gasteiger partial charge in [0.05, 0.1) is 19.3 Å². The molecule has 0 amide bonds. The van der Waals surface area contributed by atoms with E-state index < -0.39 is 12.0 Å². The number of aromatic nitrogens is 3. The van der Waals surface area contributed by atoms with E-state index in [1.54, 1.807) is 0 Å². The number of nitrogens with one attached hydrogen (secondary N) is 1. The number of hydrogen-bond donors (Lipinski definition) is 3. The van der Waals surface area contributed by atoms with Gasteiger partial charge in [-0.1, -0.05) is 5.21 Å². The minimum Gasteiger partial charge on any atom is -0.480 e. The third kappa shape index (κ3) is 4.40. The summed E-state index contributed by atoms with van der Waals surface area (Å²) in [6.07, 6.45) is 1.53. The lowest BCUT2D eigenvalue weighted by atomic mass is 10.2. The topological polar surface area (TPSA) is 104 Å². The summed E-state index contributed by atoms with van der Waals surface area (Å²) in [6.45, 7) is 1.51. The van der Waals surface area contributed by atoms with E-state index in [1.807, 2.05) is 19.0 Å². The van der Waals surface area contributed by atoms with Crippen LogP contribution in [-0.2, 0) is 11.3 Å². The highest BCUT2D eigenvalue weighted by Crippen LogP contribution is 2.08. The zero-order valence-corrected chi connectivity index (χ0v) is 10.6. The van der Waals surface area contributed by atoms with Gasteiger partial charge in [-0.3, -0.25) is 10.1 Å². The van der Waals surface area contributed by atoms with Gasteiger partial charge in [0, 0.05) is 13.1 Å². The second-order valence-corrected chi connectivity index (χ2v) is 4.16. The van der Waals surface area contributed by atoms with Gasteiger partial charge in [0.25, 0.3) is 0 Å². The van der Waals surface area contributed by atoms with Gasteiger partial charge in [0.2, 0.25) is 0 Å². The van der Waals surface area contributed by atoms with E-state index in [0.29, 0.717) is 18.8 Å². The van der Waals surface area contributed by atoms with Crippen LogP contribution in [0.15, 0.2) is 6.20 Å². The highest BCUT2D eigenvalue weighted by atomic mass is 16.4. The molecule has 0 aliphatic rings. The van der Waals surface area contributed by atoms with Crippen LogP contribution < -0.4 is 5.32 Å². The molecule has 8 nitrogen and oxygen atoms in total. The minimum atomic E-state index is -0.996. The highest BCUT2D eigenvalue weighted by molar-refractivity contribution is 5.74. The van der Waals surface area contributed by atoms with Crippen LogP contribution in [0.4, 0.5) is 0 Å². The Kier molecular flexibility index (Phi) is 5.69. The predicted octanol–water partition coefficient (Wildman–Crippen LogP) is -1.45. The molecule has 0 aliphatic heterocycles. The van der Waals surface area contributed by atoms with E-state index in [2.05, 4.69) is 15.6 Å². The van der Waals surface area contributed by atoms with Gasteiger partial charge in [-0.15, -0.1) is 5.10 Å². The maximum absolute atomic E-state index is 11.1. The average molecular weight is 257 g/mol. The van der Waals surface area contributed by atoms with Crippen LogP contribution in [0.3, 0.4) is 0 Å². The summed E-state index contributed by atoms with van der Waals surface area (Å²) < 4.78 is 1.42. The third-order valence-corrected chi connectivity index (χ3v) is 2.34. The Bertz CT molecular complexity index is 379.